The van der Waals surface area contributed by atoms with E-state index in [1.807, 2.05) is 29.2 Å². The van der Waals surface area contributed by atoms with Gasteiger partial charge >= 0.3 is 0 Å². The third-order valence-electron chi connectivity index (χ3n) is 3.60. The maximum absolute atomic E-state index is 5.77. The standard InChI is InChI=1S/C15H19N3O/c1-3-18-9-12(8-16-18)17-15-11(2)10-19-14-7-5-4-6-13(14)15/h4-9,11,15,17H,3,10H2,1-2H3. The summed E-state index contributed by atoms with van der Waals surface area (Å²) in [5.41, 5.74) is 2.29. The molecule has 100 valence electrons. The topological polar surface area (TPSA) is 39.1 Å². The second kappa shape index (κ2) is 4.96. The lowest BCUT2D eigenvalue weighted by Crippen LogP contribution is -2.28. The van der Waals surface area contributed by atoms with Gasteiger partial charge in [-0.05, 0) is 13.0 Å². The molecule has 2 heterocycles. The largest absolute Gasteiger partial charge is 0.493 e. The monoisotopic (exact) mass is 257 g/mol. The van der Waals surface area contributed by atoms with E-state index in [1.54, 1.807) is 0 Å². The number of para-hydroxylation sites is 1. The minimum absolute atomic E-state index is 0.277. The molecule has 0 spiro atoms. The van der Waals surface area contributed by atoms with Crippen LogP contribution in [0.1, 0.15) is 25.5 Å². The molecule has 0 bridgehead atoms. The van der Waals surface area contributed by atoms with Gasteiger partial charge in [-0.25, -0.2) is 0 Å². The van der Waals surface area contributed by atoms with Crippen molar-refractivity contribution in [2.75, 3.05) is 11.9 Å². The summed E-state index contributed by atoms with van der Waals surface area (Å²) in [4.78, 5) is 0. The Morgan fingerprint density at radius 1 is 1.42 bits per heavy atom. The SMILES string of the molecule is CCn1cc(NC2c3ccccc3OCC2C)cn1. The number of fused-ring (bicyclic) bond motifs is 1. The minimum Gasteiger partial charge on any atom is -0.493 e. The Balaban J connectivity index is 1.87. The van der Waals surface area contributed by atoms with Crippen molar-refractivity contribution in [3.05, 3.63) is 42.2 Å². The first-order chi connectivity index (χ1) is 9.28. The van der Waals surface area contributed by atoms with Gasteiger partial charge in [-0.2, -0.15) is 5.10 Å². The molecule has 1 aliphatic rings. The minimum atomic E-state index is 0.277. The van der Waals surface area contributed by atoms with Crippen molar-refractivity contribution in [1.82, 2.24) is 9.78 Å². The van der Waals surface area contributed by atoms with E-state index in [0.29, 0.717) is 5.92 Å². The molecule has 0 radical (unpaired) electrons. The molecule has 1 aromatic heterocycles. The molecule has 4 heteroatoms. The van der Waals surface area contributed by atoms with Crippen LogP contribution in [0.5, 0.6) is 5.75 Å². The summed E-state index contributed by atoms with van der Waals surface area (Å²) >= 11 is 0. The van der Waals surface area contributed by atoms with Crippen molar-refractivity contribution in [3.8, 4) is 5.75 Å². The van der Waals surface area contributed by atoms with E-state index in [-0.39, 0.29) is 6.04 Å². The first-order valence-corrected chi connectivity index (χ1v) is 6.78. The van der Waals surface area contributed by atoms with Crippen LogP contribution >= 0.6 is 0 Å². The van der Waals surface area contributed by atoms with Crippen molar-refractivity contribution in [2.24, 2.45) is 5.92 Å². The van der Waals surface area contributed by atoms with E-state index in [1.165, 1.54) is 5.56 Å². The lowest BCUT2D eigenvalue weighted by molar-refractivity contribution is 0.214. The molecule has 0 aliphatic carbocycles. The summed E-state index contributed by atoms with van der Waals surface area (Å²) in [5.74, 6) is 1.42. The van der Waals surface area contributed by atoms with Gasteiger partial charge in [-0.15, -0.1) is 0 Å². The molecule has 0 saturated carbocycles. The second-order valence-electron chi connectivity index (χ2n) is 5.03. The normalized spacial score (nSPS) is 21.6. The van der Waals surface area contributed by atoms with Gasteiger partial charge in [0.1, 0.15) is 5.75 Å². The van der Waals surface area contributed by atoms with E-state index >= 15 is 0 Å². The van der Waals surface area contributed by atoms with Gasteiger partial charge in [0.15, 0.2) is 0 Å². The number of aryl methyl sites for hydroxylation is 1. The molecule has 2 unspecified atom stereocenters. The molecule has 0 fully saturated rings. The Kier molecular flexibility index (Phi) is 3.15. The van der Waals surface area contributed by atoms with E-state index < -0.39 is 0 Å². The van der Waals surface area contributed by atoms with Gasteiger partial charge in [0.25, 0.3) is 0 Å². The average molecular weight is 257 g/mol. The summed E-state index contributed by atoms with van der Waals surface area (Å²) in [6.45, 7) is 5.93. The molecule has 0 amide bonds. The highest BCUT2D eigenvalue weighted by atomic mass is 16.5. The smallest absolute Gasteiger partial charge is 0.124 e. The predicted molar refractivity (Wildman–Crippen MR) is 75.4 cm³/mol. The fourth-order valence-corrected chi connectivity index (χ4v) is 2.50. The van der Waals surface area contributed by atoms with Crippen LogP contribution in [0.3, 0.4) is 0 Å². The summed E-state index contributed by atoms with van der Waals surface area (Å²) in [5, 5.41) is 7.88. The summed E-state index contributed by atoms with van der Waals surface area (Å²) in [7, 11) is 0. The molecule has 0 saturated heterocycles. The number of aromatic nitrogens is 2. The molecule has 19 heavy (non-hydrogen) atoms. The number of hydrogen-bond acceptors (Lipinski definition) is 3. The zero-order valence-electron chi connectivity index (χ0n) is 11.3. The first kappa shape index (κ1) is 12.1. The van der Waals surface area contributed by atoms with Crippen LogP contribution < -0.4 is 10.1 Å². The van der Waals surface area contributed by atoms with Crippen LogP contribution in [0.2, 0.25) is 0 Å². The van der Waals surface area contributed by atoms with Crippen molar-refractivity contribution in [2.45, 2.75) is 26.4 Å². The van der Waals surface area contributed by atoms with E-state index in [4.69, 9.17) is 4.74 Å². The van der Waals surface area contributed by atoms with Crippen molar-refractivity contribution >= 4 is 5.69 Å². The van der Waals surface area contributed by atoms with Crippen LogP contribution in [-0.4, -0.2) is 16.4 Å². The molecule has 2 atom stereocenters. The highest BCUT2D eigenvalue weighted by molar-refractivity contribution is 5.46. The van der Waals surface area contributed by atoms with Crippen LogP contribution in [0.4, 0.5) is 5.69 Å². The van der Waals surface area contributed by atoms with E-state index in [0.717, 1.165) is 24.6 Å². The number of anilines is 1. The molecule has 1 N–H and O–H groups in total. The fourth-order valence-electron chi connectivity index (χ4n) is 2.50. The average Bonchev–Trinajstić information content (AvgIpc) is 2.90. The third kappa shape index (κ3) is 2.30. The summed E-state index contributed by atoms with van der Waals surface area (Å²) < 4.78 is 7.70. The summed E-state index contributed by atoms with van der Waals surface area (Å²) in [6, 6.07) is 8.52. The fraction of sp³-hybridized carbons (Fsp3) is 0.400. The predicted octanol–water partition coefficient (Wildman–Crippen LogP) is 3.08. The van der Waals surface area contributed by atoms with Crippen molar-refractivity contribution in [1.29, 1.82) is 0 Å². The first-order valence-electron chi connectivity index (χ1n) is 6.78. The number of nitrogens with one attached hydrogen (secondary N) is 1. The lowest BCUT2D eigenvalue weighted by Gasteiger charge is -2.32. The molecular weight excluding hydrogens is 238 g/mol. The van der Waals surface area contributed by atoms with Gasteiger partial charge < -0.3 is 10.1 Å². The van der Waals surface area contributed by atoms with Gasteiger partial charge in [0, 0.05) is 24.2 Å². The van der Waals surface area contributed by atoms with Gasteiger partial charge in [-0.3, -0.25) is 4.68 Å². The molecule has 4 nitrogen and oxygen atoms in total. The Labute approximate surface area is 113 Å². The van der Waals surface area contributed by atoms with Crippen molar-refractivity contribution < 1.29 is 4.74 Å². The number of benzene rings is 1. The third-order valence-corrected chi connectivity index (χ3v) is 3.60. The van der Waals surface area contributed by atoms with E-state index in [2.05, 4.69) is 36.4 Å². The van der Waals surface area contributed by atoms with Crippen LogP contribution in [0.15, 0.2) is 36.7 Å². The van der Waals surface area contributed by atoms with E-state index in [9.17, 15) is 0 Å². The molecule has 1 aliphatic heterocycles. The van der Waals surface area contributed by atoms with Gasteiger partial charge in [-0.1, -0.05) is 25.1 Å². The zero-order valence-corrected chi connectivity index (χ0v) is 11.3. The number of hydrogen-bond donors (Lipinski definition) is 1. The number of ether oxygens (including phenoxy) is 1. The highest BCUT2D eigenvalue weighted by Crippen LogP contribution is 2.37. The summed E-state index contributed by atoms with van der Waals surface area (Å²) in [6.07, 6.45) is 3.93. The molecule has 3 rings (SSSR count). The Morgan fingerprint density at radius 2 is 2.26 bits per heavy atom. The molecular formula is C15H19N3O. The quantitative estimate of drug-likeness (QED) is 0.918. The second-order valence-corrected chi connectivity index (χ2v) is 5.03. The van der Waals surface area contributed by atoms with Crippen LogP contribution in [0, 0.1) is 5.92 Å². The number of nitrogens with zero attached hydrogens (tertiary/aromatic N) is 2. The van der Waals surface area contributed by atoms with Crippen molar-refractivity contribution in [3.63, 3.8) is 0 Å². The van der Waals surface area contributed by atoms with Crippen LogP contribution in [-0.2, 0) is 6.54 Å². The number of rotatable bonds is 3. The molecule has 1 aromatic carbocycles. The Morgan fingerprint density at radius 3 is 3.05 bits per heavy atom. The lowest BCUT2D eigenvalue weighted by atomic mass is 9.92. The highest BCUT2D eigenvalue weighted by Gasteiger charge is 2.27. The maximum atomic E-state index is 5.77. The Bertz CT molecular complexity index is 564. The van der Waals surface area contributed by atoms with Gasteiger partial charge in [0.2, 0.25) is 0 Å². The molecule has 2 aromatic rings. The van der Waals surface area contributed by atoms with Gasteiger partial charge in [0.05, 0.1) is 24.5 Å². The zero-order chi connectivity index (χ0) is 13.2. The maximum Gasteiger partial charge on any atom is 0.124 e. The van der Waals surface area contributed by atoms with Crippen LogP contribution in [0.25, 0.3) is 0 Å². The Hall–Kier alpha value is -1.97.